The number of fused-ring (bicyclic) bond motifs is 4. The third kappa shape index (κ3) is 7.98. The number of benzene rings is 6. The number of pyridine rings is 1. The second kappa shape index (κ2) is 18.3. The summed E-state index contributed by atoms with van der Waals surface area (Å²) in [6, 6.07) is 41.2. The maximum atomic E-state index is 5.50. The number of nitrogens with one attached hydrogen (secondary N) is 2. The summed E-state index contributed by atoms with van der Waals surface area (Å²) in [5, 5.41) is 8.20. The maximum Gasteiger partial charge on any atom is 1.00 e. The average molecular weight is 809 g/mol. The van der Waals surface area contributed by atoms with Crippen LogP contribution in [0.3, 0.4) is 0 Å². The second-order valence-corrected chi connectivity index (χ2v) is 16.1. The number of allylic oxidation sites excluding steroid dienone is 2. The van der Waals surface area contributed by atoms with E-state index in [1.807, 2.05) is 25.3 Å². The van der Waals surface area contributed by atoms with Gasteiger partial charge >= 0.3 is 51.4 Å². The molecule has 0 bridgehead atoms. The van der Waals surface area contributed by atoms with Crippen molar-refractivity contribution in [3.05, 3.63) is 179 Å². The first-order valence-corrected chi connectivity index (χ1v) is 20.7. The number of aryl methyl sites for hydroxylation is 8. The Morgan fingerprint density at radius 3 is 1.87 bits per heavy atom. The van der Waals surface area contributed by atoms with E-state index < -0.39 is 0 Å². The summed E-state index contributed by atoms with van der Waals surface area (Å²) in [6.45, 7) is 16.7. The molecular weight excluding hydrogens is 756 g/mol. The van der Waals surface area contributed by atoms with Crippen LogP contribution in [-0.4, -0.2) is 23.7 Å². The fourth-order valence-electron chi connectivity index (χ4n) is 9.26. The molecule has 0 saturated carbocycles. The van der Waals surface area contributed by atoms with Crippen LogP contribution in [0.4, 0.5) is 11.5 Å². The van der Waals surface area contributed by atoms with Crippen molar-refractivity contribution in [1.82, 2.24) is 9.97 Å². The molecule has 0 spiro atoms. The Hall–Kier alpha value is -5.01. The van der Waals surface area contributed by atoms with E-state index in [9.17, 15) is 0 Å². The SMILES string of the molecule is C=N.Cc1ccc(C)c(-c2ccc(N(C)c3ccccn3)c(-c3cc4c5c(c3)CCc3c-5c(cc5c3[nH]c3ccc(-c6cc(C)ccc6C)cc35)CC4)c2)c1.[CH2-]/C=C\C.[K+]. The quantitative estimate of drug-likeness (QED) is 0.103. The summed E-state index contributed by atoms with van der Waals surface area (Å²) in [4.78, 5) is 10.9. The molecule has 2 heterocycles. The molecule has 6 aromatic carbocycles. The molecule has 8 aromatic rings. The van der Waals surface area contributed by atoms with Crippen molar-refractivity contribution in [3.63, 3.8) is 0 Å². The van der Waals surface area contributed by atoms with E-state index in [4.69, 9.17) is 10.4 Å². The van der Waals surface area contributed by atoms with Gasteiger partial charge in [0.2, 0.25) is 0 Å². The minimum Gasteiger partial charge on any atom is -0.354 e. The number of nitrogens with zero attached hydrogens (tertiary/aromatic N) is 2. The summed E-state index contributed by atoms with van der Waals surface area (Å²) < 4.78 is 0. The van der Waals surface area contributed by atoms with Crippen LogP contribution in [0.1, 0.15) is 51.4 Å². The predicted octanol–water partition coefficient (Wildman–Crippen LogP) is 11.2. The number of hydrogen-bond acceptors (Lipinski definition) is 3. The van der Waals surface area contributed by atoms with Crippen LogP contribution in [0.5, 0.6) is 0 Å². The summed E-state index contributed by atoms with van der Waals surface area (Å²) >= 11 is 0. The van der Waals surface area contributed by atoms with Gasteiger partial charge in [-0.2, -0.15) is 0 Å². The van der Waals surface area contributed by atoms with Crippen molar-refractivity contribution in [2.24, 2.45) is 0 Å². The standard InChI is InChI=1S/C50H43N3.C4H7.CH3N.K/c1-29-9-11-31(3)40(22-29)33-16-19-45-43(27-33)44-28-37-14-13-35-24-38(25-36-15-18-39(50(44)52-45)49(37)48(35)36)42-26-34(41-23-30(2)10-12-32(41)4)17-20-46(42)53(5)47-8-6-7-21-51-47;1-3-4-2;1-2;/h6-12,16-17,19-28,52H,13-15,18H2,1-5H3;3-4H,1H2,2H3;2H,1H2;/q;-1;;+1/b;4-3-;;. The van der Waals surface area contributed by atoms with E-state index in [1.165, 1.54) is 111 Å². The molecule has 0 amide bonds. The number of H-pyrrole nitrogens is 1. The first-order chi connectivity index (χ1) is 28.7. The largest absolute Gasteiger partial charge is 1.00 e. The van der Waals surface area contributed by atoms with Crippen LogP contribution >= 0.6 is 0 Å². The van der Waals surface area contributed by atoms with Gasteiger partial charge < -0.3 is 15.3 Å². The molecule has 0 unspecified atom stereocenters. The van der Waals surface area contributed by atoms with Crippen molar-refractivity contribution in [2.45, 2.75) is 60.3 Å². The van der Waals surface area contributed by atoms with Gasteiger partial charge in [0, 0.05) is 40.8 Å². The van der Waals surface area contributed by atoms with Crippen molar-refractivity contribution >= 4 is 40.0 Å². The van der Waals surface area contributed by atoms with Gasteiger partial charge in [-0.3, -0.25) is 0 Å². The minimum atomic E-state index is 0. The fraction of sp³-hybridized carbons (Fsp3) is 0.182. The van der Waals surface area contributed by atoms with Gasteiger partial charge in [0.05, 0.1) is 5.52 Å². The van der Waals surface area contributed by atoms with Crippen LogP contribution in [0, 0.1) is 40.0 Å². The Balaban J connectivity index is 0.000000737. The molecule has 0 radical (unpaired) electrons. The van der Waals surface area contributed by atoms with Crippen LogP contribution in [0.2, 0.25) is 0 Å². The smallest absolute Gasteiger partial charge is 0.354 e. The Labute approximate surface area is 398 Å². The first kappa shape index (κ1) is 43.1. The normalized spacial score (nSPS) is 12.2. The number of hydrogen-bond donors (Lipinski definition) is 2. The molecule has 5 heteroatoms. The van der Waals surface area contributed by atoms with E-state index in [2.05, 4.69) is 161 Å². The Morgan fingerprint density at radius 2 is 1.25 bits per heavy atom. The Bertz CT molecular complexity index is 2880. The molecule has 2 aliphatic carbocycles. The van der Waals surface area contributed by atoms with E-state index >= 15 is 0 Å². The number of aromatic nitrogens is 2. The molecule has 0 atom stereocenters. The van der Waals surface area contributed by atoms with Gasteiger partial charge in [-0.15, -0.1) is 6.92 Å². The number of anilines is 2. The predicted molar refractivity (Wildman–Crippen MR) is 254 cm³/mol. The van der Waals surface area contributed by atoms with Crippen LogP contribution in [0.15, 0.2) is 128 Å². The van der Waals surface area contributed by atoms with Crippen molar-refractivity contribution in [1.29, 1.82) is 5.41 Å². The van der Waals surface area contributed by atoms with Crippen LogP contribution in [-0.2, 0) is 25.7 Å². The van der Waals surface area contributed by atoms with Gasteiger partial charge in [0.1, 0.15) is 5.82 Å². The van der Waals surface area contributed by atoms with Crippen LogP contribution in [0.25, 0.3) is 66.3 Å². The third-order valence-corrected chi connectivity index (χ3v) is 12.2. The molecule has 2 aromatic heterocycles. The summed E-state index contributed by atoms with van der Waals surface area (Å²) in [5.41, 5.74) is 25.5. The van der Waals surface area contributed by atoms with Crippen molar-refractivity contribution in [3.8, 4) is 44.5 Å². The number of aromatic amines is 1. The van der Waals surface area contributed by atoms with Gasteiger partial charge in [-0.05, 0) is 175 Å². The summed E-state index contributed by atoms with van der Waals surface area (Å²) in [6.07, 6.45) is 9.69. The average Bonchev–Trinajstić information content (AvgIpc) is 3.65. The van der Waals surface area contributed by atoms with E-state index in [-0.39, 0.29) is 51.4 Å². The molecular formula is C55H53KN4. The summed E-state index contributed by atoms with van der Waals surface area (Å²) in [5.74, 6) is 0.939. The monoisotopic (exact) mass is 808 g/mol. The van der Waals surface area contributed by atoms with Crippen molar-refractivity contribution in [2.75, 3.05) is 11.9 Å². The van der Waals surface area contributed by atoms with Gasteiger partial charge in [-0.25, -0.2) is 24.1 Å². The van der Waals surface area contributed by atoms with E-state index in [0.29, 0.717) is 0 Å². The Kier molecular flexibility index (Phi) is 13.1. The van der Waals surface area contributed by atoms with E-state index in [1.54, 1.807) is 6.08 Å². The van der Waals surface area contributed by atoms with E-state index in [0.717, 1.165) is 37.2 Å². The minimum absolute atomic E-state index is 0. The molecule has 294 valence electrons. The maximum absolute atomic E-state index is 5.50. The Morgan fingerprint density at radius 1 is 0.650 bits per heavy atom. The molecule has 2 N–H and O–H groups in total. The molecule has 0 saturated heterocycles. The number of rotatable bonds is 5. The zero-order valence-electron chi connectivity index (χ0n) is 36.3. The van der Waals surface area contributed by atoms with Gasteiger partial charge in [0.15, 0.2) is 0 Å². The van der Waals surface area contributed by atoms with Crippen LogP contribution < -0.4 is 56.3 Å². The fourth-order valence-corrected chi connectivity index (χ4v) is 9.26. The van der Waals surface area contributed by atoms with Gasteiger partial charge in [0.25, 0.3) is 0 Å². The molecule has 60 heavy (non-hydrogen) atoms. The first-order valence-electron chi connectivity index (χ1n) is 20.7. The summed E-state index contributed by atoms with van der Waals surface area (Å²) in [7, 11) is 2.14. The molecule has 10 rings (SSSR count). The topological polar surface area (TPSA) is 55.8 Å². The zero-order valence-corrected chi connectivity index (χ0v) is 39.4. The molecule has 2 aliphatic rings. The second-order valence-electron chi connectivity index (χ2n) is 16.1. The third-order valence-electron chi connectivity index (χ3n) is 12.2. The zero-order chi connectivity index (χ0) is 41.4. The van der Waals surface area contributed by atoms with Crippen molar-refractivity contribution < 1.29 is 51.4 Å². The van der Waals surface area contributed by atoms with Gasteiger partial charge in [-0.1, -0.05) is 77.9 Å². The molecule has 4 nitrogen and oxygen atoms in total. The molecule has 0 fully saturated rings. The molecule has 0 aliphatic heterocycles.